The minimum Gasteiger partial charge on any atom is -0.355 e. The SMILES string of the molecule is Fc1ccc(N=CC=C(Nc2ccc(F)cc2)c2ccc(Cl)cc2)cc1. The largest absolute Gasteiger partial charge is 0.355 e. The van der Waals surface area contributed by atoms with E-state index < -0.39 is 0 Å². The van der Waals surface area contributed by atoms with Crippen LogP contribution in [0.25, 0.3) is 5.70 Å². The molecule has 0 aliphatic rings. The zero-order valence-corrected chi connectivity index (χ0v) is 14.4. The number of benzene rings is 3. The zero-order chi connectivity index (χ0) is 18.4. The van der Waals surface area contributed by atoms with E-state index in [9.17, 15) is 8.78 Å². The topological polar surface area (TPSA) is 24.4 Å². The monoisotopic (exact) mass is 368 g/mol. The van der Waals surface area contributed by atoms with E-state index in [-0.39, 0.29) is 11.6 Å². The molecule has 0 aliphatic carbocycles. The molecule has 0 radical (unpaired) electrons. The lowest BCUT2D eigenvalue weighted by Gasteiger charge is -2.11. The maximum atomic E-state index is 13.1. The standard InChI is InChI=1S/C21H15ClF2N2/c22-16-3-1-15(2-4-16)21(26-20-11-7-18(24)8-12-20)13-14-25-19-9-5-17(23)6-10-19/h1-14,26H. The highest BCUT2D eigenvalue weighted by molar-refractivity contribution is 6.30. The Morgan fingerprint density at radius 2 is 1.38 bits per heavy atom. The molecule has 0 heterocycles. The summed E-state index contributed by atoms with van der Waals surface area (Å²) in [5.41, 5.74) is 3.03. The lowest BCUT2D eigenvalue weighted by Crippen LogP contribution is -1.99. The second-order valence-corrected chi connectivity index (χ2v) is 5.91. The highest BCUT2D eigenvalue weighted by atomic mass is 35.5. The highest BCUT2D eigenvalue weighted by Gasteiger charge is 2.02. The molecule has 3 aromatic carbocycles. The van der Waals surface area contributed by atoms with Gasteiger partial charge in [-0.2, -0.15) is 0 Å². The van der Waals surface area contributed by atoms with Crippen LogP contribution in [0.2, 0.25) is 5.02 Å². The molecule has 0 saturated carbocycles. The van der Waals surface area contributed by atoms with Crippen LogP contribution < -0.4 is 5.32 Å². The van der Waals surface area contributed by atoms with Gasteiger partial charge in [-0.1, -0.05) is 23.7 Å². The third kappa shape index (κ3) is 5.01. The third-order valence-corrected chi connectivity index (χ3v) is 3.82. The summed E-state index contributed by atoms with van der Waals surface area (Å²) < 4.78 is 26.1. The van der Waals surface area contributed by atoms with Crippen molar-refractivity contribution in [1.29, 1.82) is 0 Å². The number of nitrogens with zero attached hydrogens (tertiary/aromatic N) is 1. The number of rotatable bonds is 5. The van der Waals surface area contributed by atoms with Crippen LogP contribution in [-0.2, 0) is 0 Å². The summed E-state index contributed by atoms with van der Waals surface area (Å²) in [6.45, 7) is 0. The second-order valence-electron chi connectivity index (χ2n) is 5.47. The van der Waals surface area contributed by atoms with Crippen LogP contribution in [0.4, 0.5) is 20.2 Å². The fraction of sp³-hybridized carbons (Fsp3) is 0. The van der Waals surface area contributed by atoms with Crippen LogP contribution in [0.5, 0.6) is 0 Å². The summed E-state index contributed by atoms with van der Waals surface area (Å²) >= 11 is 5.95. The molecule has 0 fully saturated rings. The van der Waals surface area contributed by atoms with Crippen LogP contribution in [0, 0.1) is 11.6 Å². The molecular weight excluding hydrogens is 354 g/mol. The molecule has 0 aliphatic heterocycles. The van der Waals surface area contributed by atoms with Crippen LogP contribution in [-0.4, -0.2) is 6.21 Å². The van der Waals surface area contributed by atoms with E-state index in [1.54, 1.807) is 48.7 Å². The van der Waals surface area contributed by atoms with E-state index in [4.69, 9.17) is 11.6 Å². The van der Waals surface area contributed by atoms with E-state index in [0.29, 0.717) is 10.7 Å². The number of allylic oxidation sites excluding steroid dienone is 1. The van der Waals surface area contributed by atoms with E-state index in [0.717, 1.165) is 16.9 Å². The van der Waals surface area contributed by atoms with Crippen LogP contribution >= 0.6 is 11.6 Å². The van der Waals surface area contributed by atoms with Crippen molar-refractivity contribution < 1.29 is 8.78 Å². The van der Waals surface area contributed by atoms with Crippen molar-refractivity contribution in [1.82, 2.24) is 0 Å². The van der Waals surface area contributed by atoms with Crippen molar-refractivity contribution in [2.45, 2.75) is 0 Å². The van der Waals surface area contributed by atoms with Crippen molar-refractivity contribution in [2.24, 2.45) is 4.99 Å². The lowest BCUT2D eigenvalue weighted by molar-refractivity contribution is 0.627. The van der Waals surface area contributed by atoms with Gasteiger partial charge in [0.2, 0.25) is 0 Å². The van der Waals surface area contributed by atoms with Gasteiger partial charge < -0.3 is 5.32 Å². The summed E-state index contributed by atoms with van der Waals surface area (Å²) in [5, 5.41) is 3.87. The van der Waals surface area contributed by atoms with Gasteiger partial charge in [-0.05, 0) is 72.3 Å². The van der Waals surface area contributed by atoms with Crippen molar-refractivity contribution in [2.75, 3.05) is 5.32 Å². The molecule has 3 aromatic rings. The molecular formula is C21H15ClF2N2. The van der Waals surface area contributed by atoms with Crippen LogP contribution in [0.1, 0.15) is 5.56 Å². The normalized spacial score (nSPS) is 11.7. The predicted octanol–water partition coefficient (Wildman–Crippen LogP) is 6.47. The molecule has 0 spiro atoms. The molecule has 2 nitrogen and oxygen atoms in total. The molecule has 130 valence electrons. The van der Waals surface area contributed by atoms with Crippen molar-refractivity contribution in [3.8, 4) is 0 Å². The minimum atomic E-state index is -0.306. The summed E-state index contributed by atoms with van der Waals surface area (Å²) in [4.78, 5) is 4.29. The van der Waals surface area contributed by atoms with Gasteiger partial charge in [0, 0.05) is 22.6 Å². The Balaban J connectivity index is 1.87. The Labute approximate surface area is 155 Å². The van der Waals surface area contributed by atoms with Gasteiger partial charge in [0.05, 0.1) is 5.69 Å². The Bertz CT molecular complexity index is 916. The molecule has 1 N–H and O–H groups in total. The maximum Gasteiger partial charge on any atom is 0.123 e. The Morgan fingerprint density at radius 1 is 0.808 bits per heavy atom. The Morgan fingerprint density at radius 3 is 2.00 bits per heavy atom. The average molecular weight is 369 g/mol. The van der Waals surface area contributed by atoms with E-state index in [1.165, 1.54) is 24.3 Å². The Kier molecular flexibility index (Phi) is 5.77. The molecule has 0 aromatic heterocycles. The average Bonchev–Trinajstić information content (AvgIpc) is 2.65. The first-order valence-corrected chi connectivity index (χ1v) is 8.26. The van der Waals surface area contributed by atoms with Crippen LogP contribution in [0.3, 0.4) is 0 Å². The summed E-state index contributed by atoms with van der Waals surface area (Å²) in [5.74, 6) is -0.607. The van der Waals surface area contributed by atoms with Crippen molar-refractivity contribution >= 4 is 34.9 Å². The maximum absolute atomic E-state index is 13.1. The molecule has 0 unspecified atom stereocenters. The smallest absolute Gasteiger partial charge is 0.123 e. The van der Waals surface area contributed by atoms with Crippen molar-refractivity contribution in [3.63, 3.8) is 0 Å². The first-order valence-electron chi connectivity index (χ1n) is 7.88. The van der Waals surface area contributed by atoms with Gasteiger partial charge in [-0.25, -0.2) is 8.78 Å². The molecule has 26 heavy (non-hydrogen) atoms. The third-order valence-electron chi connectivity index (χ3n) is 3.57. The first kappa shape index (κ1) is 17.8. The predicted molar refractivity (Wildman–Crippen MR) is 104 cm³/mol. The summed E-state index contributed by atoms with van der Waals surface area (Å²) in [6, 6.07) is 19.3. The van der Waals surface area contributed by atoms with Crippen LogP contribution in [0.15, 0.2) is 83.9 Å². The van der Waals surface area contributed by atoms with Gasteiger partial charge in [0.25, 0.3) is 0 Å². The summed E-state index contributed by atoms with van der Waals surface area (Å²) in [7, 11) is 0. The molecule has 5 heteroatoms. The number of nitrogens with one attached hydrogen (secondary N) is 1. The van der Waals surface area contributed by atoms with Crippen molar-refractivity contribution in [3.05, 3.63) is 101 Å². The fourth-order valence-corrected chi connectivity index (χ4v) is 2.38. The Hall–Kier alpha value is -2.98. The molecule has 0 bridgehead atoms. The van der Waals surface area contributed by atoms with Gasteiger partial charge in [-0.3, -0.25) is 4.99 Å². The van der Waals surface area contributed by atoms with E-state index >= 15 is 0 Å². The van der Waals surface area contributed by atoms with Gasteiger partial charge in [0.1, 0.15) is 11.6 Å². The number of halogens is 3. The molecule has 0 amide bonds. The van der Waals surface area contributed by atoms with E-state index in [2.05, 4.69) is 10.3 Å². The minimum absolute atomic E-state index is 0.301. The number of hydrogen-bond donors (Lipinski definition) is 1. The fourth-order valence-electron chi connectivity index (χ4n) is 2.25. The highest BCUT2D eigenvalue weighted by Crippen LogP contribution is 2.21. The van der Waals surface area contributed by atoms with E-state index in [1.807, 2.05) is 12.1 Å². The summed E-state index contributed by atoms with van der Waals surface area (Å²) in [6.07, 6.45) is 3.41. The second kappa shape index (κ2) is 8.41. The first-order chi connectivity index (χ1) is 12.6. The molecule has 0 saturated heterocycles. The van der Waals surface area contributed by atoms with Gasteiger partial charge in [0.15, 0.2) is 0 Å². The lowest BCUT2D eigenvalue weighted by atomic mass is 10.1. The number of anilines is 1. The van der Waals surface area contributed by atoms with Gasteiger partial charge in [-0.15, -0.1) is 0 Å². The van der Waals surface area contributed by atoms with Gasteiger partial charge >= 0.3 is 0 Å². The quantitative estimate of drug-likeness (QED) is 0.512. The molecule has 3 rings (SSSR count). The number of hydrogen-bond acceptors (Lipinski definition) is 2. The molecule has 0 atom stereocenters. The zero-order valence-electron chi connectivity index (χ0n) is 13.7. The number of aliphatic imine (C=N–C) groups is 1.